The molecule has 3 nitrogen and oxygen atoms in total. The van der Waals surface area contributed by atoms with E-state index in [0.29, 0.717) is 12.2 Å². The van der Waals surface area contributed by atoms with E-state index in [1.54, 1.807) is 0 Å². The van der Waals surface area contributed by atoms with Gasteiger partial charge in [-0.25, -0.2) is 0 Å². The molecule has 0 radical (unpaired) electrons. The molecule has 2 rings (SSSR count). The monoisotopic (exact) mass is 230 g/mol. The Morgan fingerprint density at radius 2 is 1.76 bits per heavy atom. The lowest BCUT2D eigenvalue weighted by Crippen LogP contribution is -2.34. The zero-order valence-corrected chi connectivity index (χ0v) is 9.73. The van der Waals surface area contributed by atoms with E-state index in [4.69, 9.17) is 4.74 Å². The molecule has 17 heavy (non-hydrogen) atoms. The van der Waals surface area contributed by atoms with Gasteiger partial charge < -0.3 is 4.74 Å². The summed E-state index contributed by atoms with van der Waals surface area (Å²) in [7, 11) is 0. The molecular weight excluding hydrogens is 216 g/mol. The summed E-state index contributed by atoms with van der Waals surface area (Å²) in [5, 5.41) is 0. The fourth-order valence-corrected chi connectivity index (χ4v) is 1.69. The summed E-state index contributed by atoms with van der Waals surface area (Å²) in [5.74, 6) is 0.231. The molecule has 0 N–H and O–H groups in total. The van der Waals surface area contributed by atoms with Crippen LogP contribution in [0.15, 0.2) is 39.9 Å². The number of rotatable bonds is 5. The van der Waals surface area contributed by atoms with Gasteiger partial charge in [-0.1, -0.05) is 43.7 Å². The smallest absolute Gasteiger partial charge is 0.268 e. The van der Waals surface area contributed by atoms with Crippen molar-refractivity contribution in [2.75, 3.05) is 6.61 Å². The molecule has 3 heteroatoms. The summed E-state index contributed by atoms with van der Waals surface area (Å²) in [4.78, 5) is 22.9. The average Bonchev–Trinajstić information content (AvgIpc) is 2.38. The number of ether oxygens (including phenoxy) is 1. The molecule has 0 heterocycles. The van der Waals surface area contributed by atoms with Gasteiger partial charge in [0, 0.05) is 0 Å². The van der Waals surface area contributed by atoms with Crippen LogP contribution < -0.4 is 15.6 Å². The first-order chi connectivity index (χ1) is 8.25. The van der Waals surface area contributed by atoms with Crippen molar-refractivity contribution in [3.63, 3.8) is 0 Å². The van der Waals surface area contributed by atoms with Crippen LogP contribution in [0.25, 0.3) is 11.1 Å². The fourth-order valence-electron chi connectivity index (χ4n) is 1.69. The lowest BCUT2D eigenvalue weighted by Gasteiger charge is -2.12. The van der Waals surface area contributed by atoms with Gasteiger partial charge in [-0.3, -0.25) is 9.59 Å². The van der Waals surface area contributed by atoms with Gasteiger partial charge in [-0.05, 0) is 12.0 Å². The highest BCUT2D eigenvalue weighted by atomic mass is 16.5. The van der Waals surface area contributed by atoms with E-state index in [9.17, 15) is 9.59 Å². The summed E-state index contributed by atoms with van der Waals surface area (Å²) in [6.07, 6.45) is 1.88. The number of hydrogen-bond acceptors (Lipinski definition) is 3. The molecule has 0 atom stereocenters. The van der Waals surface area contributed by atoms with Crippen molar-refractivity contribution in [3.05, 3.63) is 50.8 Å². The van der Waals surface area contributed by atoms with Crippen LogP contribution in [0.4, 0.5) is 0 Å². The van der Waals surface area contributed by atoms with Crippen molar-refractivity contribution >= 4 is 0 Å². The van der Waals surface area contributed by atoms with Crippen molar-refractivity contribution in [2.24, 2.45) is 0 Å². The predicted molar refractivity (Wildman–Crippen MR) is 67.2 cm³/mol. The van der Waals surface area contributed by atoms with Gasteiger partial charge in [0.2, 0.25) is 5.43 Å². The van der Waals surface area contributed by atoms with Crippen molar-refractivity contribution < 1.29 is 4.74 Å². The van der Waals surface area contributed by atoms with Crippen LogP contribution in [0.3, 0.4) is 0 Å². The minimum Gasteiger partial charge on any atom is -0.489 e. The maximum absolute atomic E-state index is 11.5. The van der Waals surface area contributed by atoms with Crippen LogP contribution >= 0.6 is 0 Å². The van der Waals surface area contributed by atoms with Crippen LogP contribution in [-0.2, 0) is 0 Å². The van der Waals surface area contributed by atoms with Gasteiger partial charge >= 0.3 is 0 Å². The van der Waals surface area contributed by atoms with Crippen LogP contribution in [0.5, 0.6) is 5.75 Å². The summed E-state index contributed by atoms with van der Waals surface area (Å²) in [5.41, 5.74) is 0.234. The summed E-state index contributed by atoms with van der Waals surface area (Å²) in [6.45, 7) is 2.53. The molecule has 0 unspecified atom stereocenters. The number of benzene rings is 1. The van der Waals surface area contributed by atoms with E-state index in [2.05, 4.69) is 0 Å². The maximum atomic E-state index is 11.5. The first-order valence-corrected chi connectivity index (χ1v) is 5.77. The average molecular weight is 230 g/mol. The second-order valence-electron chi connectivity index (χ2n) is 3.93. The van der Waals surface area contributed by atoms with Gasteiger partial charge in [0.15, 0.2) is 5.75 Å². The van der Waals surface area contributed by atoms with Crippen LogP contribution in [0, 0.1) is 0 Å². The molecule has 0 fully saturated rings. The van der Waals surface area contributed by atoms with E-state index < -0.39 is 10.9 Å². The normalized spacial score (nSPS) is 10.6. The van der Waals surface area contributed by atoms with Gasteiger partial charge in [0.25, 0.3) is 5.43 Å². The quantitative estimate of drug-likeness (QED) is 0.583. The summed E-state index contributed by atoms with van der Waals surface area (Å²) >= 11 is 0. The summed E-state index contributed by atoms with van der Waals surface area (Å²) in [6, 6.07) is 9.16. The van der Waals surface area contributed by atoms with E-state index in [0.717, 1.165) is 18.4 Å². The molecule has 0 aliphatic rings. The fraction of sp³-hybridized carbons (Fsp3) is 0.286. The largest absolute Gasteiger partial charge is 0.489 e. The highest BCUT2D eigenvalue weighted by Crippen LogP contribution is 2.25. The Labute approximate surface area is 99.4 Å². The minimum absolute atomic E-state index is 0.231. The van der Waals surface area contributed by atoms with Crippen LogP contribution in [0.2, 0.25) is 0 Å². The standard InChI is InChI=1S/C14H14O3/c1-2-3-9-17-14-11(12(15)13(14)16)10-7-5-4-6-8-10/h4-8H,2-3,9H2,1H3. The molecule has 0 bridgehead atoms. The minimum atomic E-state index is -0.500. The topological polar surface area (TPSA) is 43.4 Å². The van der Waals surface area contributed by atoms with Crippen LogP contribution in [-0.4, -0.2) is 6.61 Å². The molecule has 0 aromatic heterocycles. The molecule has 88 valence electrons. The second-order valence-corrected chi connectivity index (χ2v) is 3.93. The third-order valence-electron chi connectivity index (χ3n) is 2.67. The predicted octanol–water partition coefficient (Wildman–Crippen LogP) is 2.13. The Kier molecular flexibility index (Phi) is 3.38. The van der Waals surface area contributed by atoms with E-state index in [1.807, 2.05) is 37.3 Å². The Bertz CT molecular complexity index is 563. The van der Waals surface area contributed by atoms with Gasteiger partial charge in [-0.2, -0.15) is 0 Å². The van der Waals surface area contributed by atoms with E-state index in [1.165, 1.54) is 0 Å². The Balaban J connectivity index is 2.27. The highest BCUT2D eigenvalue weighted by molar-refractivity contribution is 5.73. The molecule has 0 aliphatic carbocycles. The number of hydrogen-bond donors (Lipinski definition) is 0. The first kappa shape index (κ1) is 11.6. The summed E-state index contributed by atoms with van der Waals surface area (Å²) < 4.78 is 5.38. The Hall–Kier alpha value is -1.90. The lowest BCUT2D eigenvalue weighted by molar-refractivity contribution is 0.304. The van der Waals surface area contributed by atoms with Crippen molar-refractivity contribution in [1.82, 2.24) is 0 Å². The first-order valence-electron chi connectivity index (χ1n) is 5.77. The molecule has 2 aromatic rings. The molecule has 0 spiro atoms. The molecule has 2 aromatic carbocycles. The molecule has 0 amide bonds. The molecule has 0 aliphatic heterocycles. The van der Waals surface area contributed by atoms with Gasteiger partial charge in [-0.15, -0.1) is 0 Å². The third kappa shape index (κ3) is 2.13. The van der Waals surface area contributed by atoms with Gasteiger partial charge in [0.05, 0.1) is 12.2 Å². The van der Waals surface area contributed by atoms with Crippen molar-refractivity contribution in [2.45, 2.75) is 19.8 Å². The second kappa shape index (κ2) is 4.95. The Morgan fingerprint density at radius 1 is 1.06 bits per heavy atom. The molecular formula is C14H14O3. The zero-order chi connectivity index (χ0) is 12.3. The van der Waals surface area contributed by atoms with Crippen LogP contribution in [0.1, 0.15) is 19.8 Å². The third-order valence-corrected chi connectivity index (χ3v) is 2.67. The molecule has 0 saturated heterocycles. The SMILES string of the molecule is CCCCOc1c(-c2ccccc2)c(=O)c1=O. The Morgan fingerprint density at radius 3 is 2.41 bits per heavy atom. The van der Waals surface area contributed by atoms with E-state index >= 15 is 0 Å². The van der Waals surface area contributed by atoms with Crippen molar-refractivity contribution in [1.29, 1.82) is 0 Å². The number of unbranched alkanes of at least 4 members (excludes halogenated alkanes) is 1. The highest BCUT2D eigenvalue weighted by Gasteiger charge is 2.23. The maximum Gasteiger partial charge on any atom is 0.268 e. The zero-order valence-electron chi connectivity index (χ0n) is 9.73. The van der Waals surface area contributed by atoms with Crippen molar-refractivity contribution in [3.8, 4) is 16.9 Å². The van der Waals surface area contributed by atoms with Gasteiger partial charge in [0.1, 0.15) is 0 Å². The molecule has 0 saturated carbocycles. The lowest BCUT2D eigenvalue weighted by atomic mass is 10.0. The van der Waals surface area contributed by atoms with E-state index in [-0.39, 0.29) is 5.75 Å².